The van der Waals surface area contributed by atoms with Crippen molar-refractivity contribution in [1.82, 2.24) is 15.3 Å². The van der Waals surface area contributed by atoms with E-state index in [1.807, 2.05) is 13.0 Å². The van der Waals surface area contributed by atoms with Crippen LogP contribution < -0.4 is 10.1 Å². The molecule has 1 N–H and O–H groups in total. The van der Waals surface area contributed by atoms with E-state index in [1.54, 1.807) is 6.92 Å². The number of benzene rings is 1. The molecule has 1 aromatic heterocycles. The average Bonchev–Trinajstić information content (AvgIpc) is 2.86. The van der Waals surface area contributed by atoms with Crippen LogP contribution >= 0.6 is 0 Å². The second-order valence-electron chi connectivity index (χ2n) is 11.0. The highest BCUT2D eigenvalue weighted by Crippen LogP contribution is 2.34. The molecule has 1 aliphatic rings. The van der Waals surface area contributed by atoms with Crippen LogP contribution in [0.1, 0.15) is 84.2 Å². The van der Waals surface area contributed by atoms with Gasteiger partial charge in [0.1, 0.15) is 12.4 Å². The van der Waals surface area contributed by atoms with Crippen LogP contribution in [0.15, 0.2) is 76.6 Å². The lowest BCUT2D eigenvalue weighted by Gasteiger charge is -2.28. The third kappa shape index (κ3) is 7.93. The highest BCUT2D eigenvalue weighted by molar-refractivity contribution is 7.77. The van der Waals surface area contributed by atoms with Gasteiger partial charge in [-0.05, 0) is 68.7 Å². The van der Waals surface area contributed by atoms with Gasteiger partial charge in [0.25, 0.3) is 0 Å². The maximum absolute atomic E-state index is 11.6. The number of hydrogen-bond donors (Lipinski definition) is 2. The lowest BCUT2D eigenvalue weighted by molar-refractivity contribution is 0.160. The van der Waals surface area contributed by atoms with Crippen molar-refractivity contribution in [2.24, 2.45) is 0 Å². The predicted molar refractivity (Wildman–Crippen MR) is 160 cm³/mol. The van der Waals surface area contributed by atoms with E-state index in [0.717, 1.165) is 29.7 Å². The molecule has 0 saturated carbocycles. The minimum absolute atomic E-state index is 0.0192. The summed E-state index contributed by atoms with van der Waals surface area (Å²) in [6.45, 7) is 14.6. The molecule has 39 heavy (non-hydrogen) atoms. The summed E-state index contributed by atoms with van der Waals surface area (Å²) in [5.41, 5.74) is 7.35. The standard InChI is InChI=1S/C32H39N3O3S/c1-9-11-27(39(36)37)18-23(4)35-24(5)31(25-14-16-26(17-15-25)32(6,7)8)38-29-19-28(33-20-34-29)30-21(2)12-10-13-22(30)3/h1,11-12,14-20,24,31,35,39H,10,13H2,2-8H3/b23-18+,27-11+/t24-,31?/m1/s1. The second-order valence-corrected chi connectivity index (χ2v) is 12.0. The van der Waals surface area contributed by atoms with Crippen LogP contribution in [-0.2, 0) is 16.1 Å². The Morgan fingerprint density at radius 3 is 2.46 bits per heavy atom. The van der Waals surface area contributed by atoms with Crippen LogP contribution in [0.2, 0.25) is 0 Å². The smallest absolute Gasteiger partial charge is 0.217 e. The average molecular weight is 546 g/mol. The third-order valence-electron chi connectivity index (χ3n) is 6.76. The maximum atomic E-state index is 11.6. The SMILES string of the molecule is C#C/C=C(\C=C(/C)N[C@H](C)C(Oc1cc(C2=C(C)CCC=C2C)ncn1)c1ccc(C(C)(C)C)cc1)[SH](=O)=O. The van der Waals surface area contributed by atoms with Gasteiger partial charge in [-0.3, -0.25) is 0 Å². The molecule has 7 heteroatoms. The number of nitrogens with one attached hydrogen (secondary N) is 1. The van der Waals surface area contributed by atoms with E-state index >= 15 is 0 Å². The number of rotatable bonds is 9. The lowest BCUT2D eigenvalue weighted by atomic mass is 9.86. The van der Waals surface area contributed by atoms with Crippen LogP contribution in [0.4, 0.5) is 0 Å². The largest absolute Gasteiger partial charge is 0.467 e. The summed E-state index contributed by atoms with van der Waals surface area (Å²) >= 11 is 0. The maximum Gasteiger partial charge on any atom is 0.217 e. The van der Waals surface area contributed by atoms with Gasteiger partial charge >= 0.3 is 0 Å². The van der Waals surface area contributed by atoms with Crippen molar-refractivity contribution < 1.29 is 13.2 Å². The molecule has 2 atom stereocenters. The van der Waals surface area contributed by atoms with Crippen LogP contribution in [0, 0.1) is 12.3 Å². The molecule has 1 heterocycles. The van der Waals surface area contributed by atoms with E-state index in [2.05, 4.69) is 86.2 Å². The quantitative estimate of drug-likeness (QED) is 0.215. The lowest BCUT2D eigenvalue weighted by Crippen LogP contribution is -2.34. The van der Waals surface area contributed by atoms with E-state index in [4.69, 9.17) is 11.2 Å². The van der Waals surface area contributed by atoms with Crippen LogP contribution in [0.3, 0.4) is 0 Å². The van der Waals surface area contributed by atoms with Gasteiger partial charge in [-0.15, -0.1) is 6.42 Å². The van der Waals surface area contributed by atoms with Gasteiger partial charge < -0.3 is 10.1 Å². The van der Waals surface area contributed by atoms with Crippen molar-refractivity contribution in [2.75, 3.05) is 0 Å². The highest BCUT2D eigenvalue weighted by atomic mass is 32.2. The fourth-order valence-electron chi connectivity index (χ4n) is 4.72. The van der Waals surface area contributed by atoms with Gasteiger partial charge in [0.15, 0.2) is 10.7 Å². The number of hydrogen-bond acceptors (Lipinski definition) is 6. The minimum atomic E-state index is -2.81. The van der Waals surface area contributed by atoms with Gasteiger partial charge in [0, 0.05) is 23.4 Å². The van der Waals surface area contributed by atoms with Crippen LogP contribution in [-0.4, -0.2) is 24.4 Å². The van der Waals surface area contributed by atoms with Gasteiger partial charge in [0.2, 0.25) is 5.88 Å². The number of ether oxygens (including phenoxy) is 1. The molecule has 2 aromatic rings. The van der Waals surface area contributed by atoms with Gasteiger partial charge in [0.05, 0.1) is 16.6 Å². The molecule has 206 valence electrons. The number of aromatic nitrogens is 2. The molecule has 0 saturated heterocycles. The highest BCUT2D eigenvalue weighted by Gasteiger charge is 2.24. The molecule has 0 radical (unpaired) electrons. The van der Waals surface area contributed by atoms with Gasteiger partial charge in [-0.25, -0.2) is 18.4 Å². The predicted octanol–water partition coefficient (Wildman–Crippen LogP) is 6.42. The Balaban J connectivity index is 1.98. The zero-order valence-corrected chi connectivity index (χ0v) is 24.8. The molecule has 0 bridgehead atoms. The minimum Gasteiger partial charge on any atom is -0.467 e. The van der Waals surface area contributed by atoms with Crippen molar-refractivity contribution in [3.63, 3.8) is 0 Å². The monoisotopic (exact) mass is 545 g/mol. The molecule has 0 amide bonds. The van der Waals surface area contributed by atoms with Crippen LogP contribution in [0.5, 0.6) is 5.88 Å². The van der Waals surface area contributed by atoms with E-state index in [0.29, 0.717) is 11.6 Å². The van der Waals surface area contributed by atoms with E-state index in [-0.39, 0.29) is 16.4 Å². The Morgan fingerprint density at radius 1 is 1.18 bits per heavy atom. The Hall–Kier alpha value is -3.63. The van der Waals surface area contributed by atoms with E-state index in [1.165, 1.54) is 35.2 Å². The third-order valence-corrected chi connectivity index (χ3v) is 7.44. The van der Waals surface area contributed by atoms with Crippen molar-refractivity contribution in [3.8, 4) is 18.2 Å². The summed E-state index contributed by atoms with van der Waals surface area (Å²) in [7, 11) is -2.81. The number of thiol groups is 1. The van der Waals surface area contributed by atoms with Crippen molar-refractivity contribution in [3.05, 3.63) is 93.5 Å². The van der Waals surface area contributed by atoms with Gasteiger partial charge in [-0.2, -0.15) is 0 Å². The fourth-order valence-corrected chi connectivity index (χ4v) is 5.20. The summed E-state index contributed by atoms with van der Waals surface area (Å²) < 4.78 is 29.7. The molecule has 3 rings (SSSR count). The normalized spacial score (nSPS) is 16.4. The molecule has 1 unspecified atom stereocenters. The molecular formula is C32H39N3O3S. The molecule has 0 spiro atoms. The Labute approximate surface area is 235 Å². The molecule has 6 nitrogen and oxygen atoms in total. The zero-order valence-electron chi connectivity index (χ0n) is 23.9. The second kappa shape index (κ2) is 12.9. The molecule has 0 fully saturated rings. The summed E-state index contributed by atoms with van der Waals surface area (Å²) in [4.78, 5) is 9.05. The summed E-state index contributed by atoms with van der Waals surface area (Å²) in [5, 5.41) is 3.38. The first kappa shape index (κ1) is 29.9. The zero-order chi connectivity index (χ0) is 28.7. The Morgan fingerprint density at radius 2 is 1.87 bits per heavy atom. The van der Waals surface area contributed by atoms with Gasteiger partial charge in [-0.1, -0.05) is 62.6 Å². The molecule has 1 aliphatic carbocycles. The Kier molecular flexibility index (Phi) is 9.93. The molecule has 1 aromatic carbocycles. The Bertz CT molecular complexity index is 1420. The van der Waals surface area contributed by atoms with Crippen molar-refractivity contribution in [2.45, 2.75) is 78.9 Å². The van der Waals surface area contributed by atoms with Crippen molar-refractivity contribution in [1.29, 1.82) is 0 Å². The topological polar surface area (TPSA) is 81.2 Å². The van der Waals surface area contributed by atoms with Crippen molar-refractivity contribution >= 4 is 16.3 Å². The number of nitrogens with zero attached hydrogens (tertiary/aromatic N) is 2. The first-order chi connectivity index (χ1) is 18.4. The summed E-state index contributed by atoms with van der Waals surface area (Å²) in [5.74, 6) is 2.75. The van der Waals surface area contributed by atoms with E-state index < -0.39 is 16.8 Å². The first-order valence-corrected chi connectivity index (χ1v) is 14.3. The fraction of sp³-hybridized carbons (Fsp3) is 0.375. The number of terminal acetylenes is 1. The molecule has 0 aliphatic heterocycles. The summed E-state index contributed by atoms with van der Waals surface area (Å²) in [6.07, 6.45) is 13.5. The van der Waals surface area contributed by atoms with E-state index in [9.17, 15) is 8.42 Å². The summed E-state index contributed by atoms with van der Waals surface area (Å²) in [6, 6.07) is 10.0. The first-order valence-electron chi connectivity index (χ1n) is 13.1. The molecular weight excluding hydrogens is 506 g/mol. The van der Waals surface area contributed by atoms with Crippen LogP contribution in [0.25, 0.3) is 5.57 Å². The number of allylic oxidation sites excluding steroid dienone is 7.